The number of nitrogens with two attached hydrogens (primary N) is 1. The Labute approximate surface area is 163 Å². The van der Waals surface area contributed by atoms with E-state index in [9.17, 15) is 15.3 Å². The lowest BCUT2D eigenvalue weighted by Gasteiger charge is -2.20. The van der Waals surface area contributed by atoms with Crippen molar-refractivity contribution in [2.75, 3.05) is 17.7 Å². The number of fused-ring (bicyclic) bond motifs is 1. The van der Waals surface area contributed by atoms with Crippen molar-refractivity contribution >= 4 is 44.9 Å². The second-order valence-electron chi connectivity index (χ2n) is 6.49. The highest BCUT2D eigenvalue weighted by molar-refractivity contribution is 7.21. The van der Waals surface area contributed by atoms with Crippen LogP contribution in [0.3, 0.4) is 0 Å². The Morgan fingerprint density at radius 2 is 1.96 bits per heavy atom. The Kier molecular flexibility index (Phi) is 4.87. The smallest absolute Gasteiger partial charge is 0.223 e. The van der Waals surface area contributed by atoms with Crippen LogP contribution in [0.2, 0.25) is 5.15 Å². The van der Waals surface area contributed by atoms with Gasteiger partial charge in [-0.1, -0.05) is 23.7 Å². The summed E-state index contributed by atoms with van der Waals surface area (Å²) in [5, 5.41) is 33.6. The molecule has 142 valence electrons. The SMILES string of the molecule is Nc1nc(Cl)c(-c2nc3ccccc3s2)c(N[C@@H]2C[C@H](CO)[C@@H](O)[C@H]2O)n1. The van der Waals surface area contributed by atoms with E-state index in [1.807, 2.05) is 24.3 Å². The number of nitrogens with one attached hydrogen (secondary N) is 1. The molecule has 10 heteroatoms. The van der Waals surface area contributed by atoms with Gasteiger partial charge in [-0.15, -0.1) is 11.3 Å². The average Bonchev–Trinajstić information content (AvgIpc) is 3.17. The predicted molar refractivity (Wildman–Crippen MR) is 105 cm³/mol. The Morgan fingerprint density at radius 1 is 1.19 bits per heavy atom. The highest BCUT2D eigenvalue weighted by Crippen LogP contribution is 2.39. The number of rotatable bonds is 4. The molecule has 1 aliphatic carbocycles. The first kappa shape index (κ1) is 18.3. The van der Waals surface area contributed by atoms with Gasteiger partial charge in [0.1, 0.15) is 22.1 Å². The summed E-state index contributed by atoms with van der Waals surface area (Å²) in [6.45, 7) is -0.214. The minimum Gasteiger partial charge on any atom is -0.396 e. The van der Waals surface area contributed by atoms with Crippen LogP contribution in [0, 0.1) is 5.92 Å². The van der Waals surface area contributed by atoms with Crippen molar-refractivity contribution in [3.05, 3.63) is 29.4 Å². The van der Waals surface area contributed by atoms with Crippen LogP contribution in [-0.4, -0.2) is 55.1 Å². The van der Waals surface area contributed by atoms with Crippen molar-refractivity contribution < 1.29 is 15.3 Å². The van der Waals surface area contributed by atoms with Gasteiger partial charge >= 0.3 is 0 Å². The molecule has 8 nitrogen and oxygen atoms in total. The van der Waals surface area contributed by atoms with Gasteiger partial charge in [-0.05, 0) is 18.6 Å². The maximum atomic E-state index is 10.3. The number of aromatic nitrogens is 3. The maximum absolute atomic E-state index is 10.3. The Morgan fingerprint density at radius 3 is 2.67 bits per heavy atom. The molecule has 1 fully saturated rings. The fourth-order valence-corrected chi connectivity index (χ4v) is 4.68. The van der Waals surface area contributed by atoms with E-state index < -0.39 is 24.2 Å². The molecule has 27 heavy (non-hydrogen) atoms. The largest absolute Gasteiger partial charge is 0.396 e. The Balaban J connectivity index is 1.75. The summed E-state index contributed by atoms with van der Waals surface area (Å²) in [4.78, 5) is 12.9. The van der Waals surface area contributed by atoms with E-state index in [1.54, 1.807) is 0 Å². The number of aliphatic hydroxyl groups is 3. The third-order valence-electron chi connectivity index (χ3n) is 4.75. The Bertz CT molecular complexity index is 951. The number of hydrogen-bond donors (Lipinski definition) is 5. The molecule has 2 heterocycles. The molecule has 2 aromatic heterocycles. The van der Waals surface area contributed by atoms with Gasteiger partial charge in [0.2, 0.25) is 5.95 Å². The van der Waals surface area contributed by atoms with E-state index >= 15 is 0 Å². The second-order valence-corrected chi connectivity index (χ2v) is 7.88. The van der Waals surface area contributed by atoms with E-state index in [0.717, 1.165) is 10.2 Å². The van der Waals surface area contributed by atoms with Crippen molar-refractivity contribution in [3.63, 3.8) is 0 Å². The van der Waals surface area contributed by atoms with Crippen molar-refractivity contribution in [1.29, 1.82) is 0 Å². The monoisotopic (exact) mass is 407 g/mol. The van der Waals surface area contributed by atoms with Crippen LogP contribution in [0.1, 0.15) is 6.42 Å². The molecule has 1 saturated carbocycles. The lowest BCUT2D eigenvalue weighted by molar-refractivity contribution is 0.00446. The quantitative estimate of drug-likeness (QED) is 0.410. The Hall–Kier alpha value is -2.04. The average molecular weight is 408 g/mol. The molecule has 4 atom stereocenters. The third kappa shape index (κ3) is 3.32. The number of thiazole rings is 1. The lowest BCUT2D eigenvalue weighted by Crippen LogP contribution is -2.35. The summed E-state index contributed by atoms with van der Waals surface area (Å²) in [6, 6.07) is 7.17. The molecule has 3 aromatic rings. The summed E-state index contributed by atoms with van der Waals surface area (Å²) in [6.07, 6.45) is -1.70. The molecule has 0 saturated heterocycles. The van der Waals surface area contributed by atoms with Crippen LogP contribution in [0.5, 0.6) is 0 Å². The van der Waals surface area contributed by atoms with Crippen LogP contribution in [0.4, 0.5) is 11.8 Å². The van der Waals surface area contributed by atoms with Gasteiger partial charge in [0.15, 0.2) is 0 Å². The van der Waals surface area contributed by atoms with Gasteiger partial charge in [0, 0.05) is 12.5 Å². The molecule has 1 aromatic carbocycles. The van der Waals surface area contributed by atoms with Gasteiger partial charge in [-0.3, -0.25) is 0 Å². The lowest BCUT2D eigenvalue weighted by atomic mass is 10.1. The van der Waals surface area contributed by atoms with Crippen LogP contribution in [-0.2, 0) is 0 Å². The van der Waals surface area contributed by atoms with Gasteiger partial charge in [0.25, 0.3) is 0 Å². The van der Waals surface area contributed by atoms with E-state index in [2.05, 4.69) is 20.3 Å². The number of halogens is 1. The highest BCUT2D eigenvalue weighted by atomic mass is 35.5. The number of anilines is 2. The summed E-state index contributed by atoms with van der Waals surface area (Å²) >= 11 is 7.79. The highest BCUT2D eigenvalue weighted by Gasteiger charge is 2.41. The zero-order valence-corrected chi connectivity index (χ0v) is 15.7. The van der Waals surface area contributed by atoms with Crippen LogP contribution in [0.25, 0.3) is 20.8 Å². The number of hydrogen-bond acceptors (Lipinski definition) is 9. The molecule has 0 bridgehead atoms. The number of para-hydroxylation sites is 1. The number of aliphatic hydroxyl groups excluding tert-OH is 3. The van der Waals surface area contributed by atoms with Crippen LogP contribution >= 0.6 is 22.9 Å². The minimum atomic E-state index is -1.06. The normalized spacial score (nSPS) is 25.2. The van der Waals surface area contributed by atoms with Gasteiger partial charge in [0.05, 0.1) is 27.9 Å². The van der Waals surface area contributed by atoms with Crippen molar-refractivity contribution in [1.82, 2.24) is 15.0 Å². The summed E-state index contributed by atoms with van der Waals surface area (Å²) in [5.41, 5.74) is 7.07. The molecule has 4 rings (SSSR count). The van der Waals surface area contributed by atoms with E-state index in [-0.39, 0.29) is 17.7 Å². The summed E-state index contributed by atoms with van der Waals surface area (Å²) in [7, 11) is 0. The molecular weight excluding hydrogens is 390 g/mol. The van der Waals surface area contributed by atoms with Crippen LogP contribution < -0.4 is 11.1 Å². The van der Waals surface area contributed by atoms with Gasteiger partial charge < -0.3 is 26.4 Å². The van der Waals surface area contributed by atoms with E-state index in [4.69, 9.17) is 17.3 Å². The molecule has 0 spiro atoms. The second kappa shape index (κ2) is 7.17. The minimum absolute atomic E-state index is 0.0147. The molecule has 0 unspecified atom stereocenters. The molecule has 0 amide bonds. The maximum Gasteiger partial charge on any atom is 0.223 e. The topological polar surface area (TPSA) is 137 Å². The molecule has 0 radical (unpaired) electrons. The predicted octanol–water partition coefficient (Wildman–Crippen LogP) is 1.50. The molecule has 6 N–H and O–H groups in total. The first-order valence-corrected chi connectivity index (χ1v) is 9.60. The van der Waals surface area contributed by atoms with Crippen molar-refractivity contribution in [2.45, 2.75) is 24.7 Å². The zero-order valence-electron chi connectivity index (χ0n) is 14.1. The summed E-state index contributed by atoms with van der Waals surface area (Å²) in [5.74, 6) is -0.0986. The first-order chi connectivity index (χ1) is 13.0. The first-order valence-electron chi connectivity index (χ1n) is 8.40. The standard InChI is InChI=1S/C17H18ClN5O3S/c18-14-11(16-21-8-3-1-2-4-10(8)27-16)15(23-17(19)22-14)20-9-5-7(6-24)12(25)13(9)26/h1-4,7,9,12-13,24-26H,5-6H2,(H3,19,20,22,23)/t7-,9-,12-,13+/m1/s1. The number of nitrogen functional groups attached to an aromatic ring is 1. The fraction of sp³-hybridized carbons (Fsp3) is 0.353. The number of benzene rings is 1. The van der Waals surface area contributed by atoms with Crippen molar-refractivity contribution in [2.24, 2.45) is 5.92 Å². The van der Waals surface area contributed by atoms with Crippen LogP contribution in [0.15, 0.2) is 24.3 Å². The fourth-order valence-electron chi connectivity index (χ4n) is 3.35. The number of nitrogens with zero attached hydrogens (tertiary/aromatic N) is 3. The molecular formula is C17H18ClN5O3S. The van der Waals surface area contributed by atoms with Gasteiger partial charge in [-0.25, -0.2) is 9.97 Å². The van der Waals surface area contributed by atoms with Crippen molar-refractivity contribution in [3.8, 4) is 10.6 Å². The summed E-state index contributed by atoms with van der Waals surface area (Å²) < 4.78 is 0.989. The zero-order chi connectivity index (χ0) is 19.1. The van der Waals surface area contributed by atoms with E-state index in [1.165, 1.54) is 11.3 Å². The third-order valence-corrected chi connectivity index (χ3v) is 6.08. The van der Waals surface area contributed by atoms with Gasteiger partial charge in [-0.2, -0.15) is 4.98 Å². The molecule has 0 aliphatic heterocycles. The molecule has 1 aliphatic rings. The van der Waals surface area contributed by atoms with E-state index in [0.29, 0.717) is 22.8 Å².